The number of hydrogen-bond donors (Lipinski definition) is 2. The largest absolute Gasteiger partial charge is 0.477 e. The topological polar surface area (TPSA) is 152 Å². The number of carboxylic acids is 1. The number of rotatable bonds is 7. The predicted molar refractivity (Wildman–Crippen MR) is 101 cm³/mol. The summed E-state index contributed by atoms with van der Waals surface area (Å²) < 4.78 is 24.1. The molecule has 0 aromatic carbocycles. The van der Waals surface area contributed by atoms with Crippen molar-refractivity contribution in [3.63, 3.8) is 0 Å². The molecule has 1 aromatic rings. The highest BCUT2D eigenvalue weighted by atomic mass is 32.2. The van der Waals surface area contributed by atoms with Gasteiger partial charge in [0.1, 0.15) is 29.2 Å². The zero-order valence-corrected chi connectivity index (χ0v) is 17.3. The molecule has 11 nitrogen and oxygen atoms in total. The summed E-state index contributed by atoms with van der Waals surface area (Å²) in [5.41, 5.74) is 0.466. The summed E-state index contributed by atoms with van der Waals surface area (Å²) in [6.07, 6.45) is 2.45. The van der Waals surface area contributed by atoms with Gasteiger partial charge in [-0.15, -0.1) is 22.0 Å². The smallest absolute Gasteiger partial charge is 0.352 e. The van der Waals surface area contributed by atoms with Gasteiger partial charge in [-0.3, -0.25) is 14.5 Å². The maximum atomic E-state index is 12.5. The van der Waals surface area contributed by atoms with E-state index >= 15 is 0 Å². The van der Waals surface area contributed by atoms with E-state index in [4.69, 9.17) is 0 Å². The van der Waals surface area contributed by atoms with E-state index < -0.39 is 44.8 Å². The minimum absolute atomic E-state index is 0.1000. The molecule has 2 amide bonds. The minimum Gasteiger partial charge on any atom is -0.477 e. The third kappa shape index (κ3) is 4.17. The average molecular weight is 448 g/mol. The number of sulfone groups is 1. The van der Waals surface area contributed by atoms with Crippen LogP contribution in [0.15, 0.2) is 22.8 Å². The zero-order chi connectivity index (χ0) is 20.6. The van der Waals surface area contributed by atoms with Gasteiger partial charge >= 0.3 is 5.97 Å². The van der Waals surface area contributed by atoms with Crippen molar-refractivity contribution in [2.45, 2.75) is 16.6 Å². The van der Waals surface area contributed by atoms with Crippen molar-refractivity contribution >= 4 is 51.1 Å². The second-order valence-electron chi connectivity index (χ2n) is 6.30. The molecule has 0 saturated carbocycles. The first kappa shape index (κ1) is 20.7. The number of aromatic nitrogens is 3. The number of fused-ring (bicyclic) bond motifs is 1. The second-order valence-corrected chi connectivity index (χ2v) is 10.5. The summed E-state index contributed by atoms with van der Waals surface area (Å²) in [5, 5.41) is 19.7. The molecule has 0 radical (unpaired) electrons. The van der Waals surface area contributed by atoms with Gasteiger partial charge in [-0.05, 0) is 5.57 Å². The van der Waals surface area contributed by atoms with Gasteiger partial charge in [0.2, 0.25) is 5.91 Å². The van der Waals surface area contributed by atoms with Crippen LogP contribution in [0.1, 0.15) is 0 Å². The minimum atomic E-state index is -3.53. The lowest BCUT2D eigenvalue weighted by atomic mass is 10.0. The lowest BCUT2D eigenvalue weighted by Crippen LogP contribution is -2.70. The lowest BCUT2D eigenvalue weighted by Gasteiger charge is -2.49. The number of carbonyl (C=O) groups is 3. The number of amides is 2. The molecule has 2 aliphatic heterocycles. The number of carbonyl (C=O) groups excluding carboxylic acids is 2. The van der Waals surface area contributed by atoms with Gasteiger partial charge in [-0.2, -0.15) is 0 Å². The van der Waals surface area contributed by atoms with Crippen molar-refractivity contribution in [1.82, 2.24) is 25.0 Å². The van der Waals surface area contributed by atoms with Gasteiger partial charge in [0, 0.05) is 24.8 Å². The van der Waals surface area contributed by atoms with Gasteiger partial charge in [0.15, 0.2) is 15.0 Å². The number of aliphatic carboxylic acids is 1. The molecule has 2 N–H and O–H groups in total. The van der Waals surface area contributed by atoms with E-state index in [1.165, 1.54) is 29.9 Å². The van der Waals surface area contributed by atoms with Gasteiger partial charge in [-0.25, -0.2) is 13.2 Å². The Morgan fingerprint density at radius 3 is 2.75 bits per heavy atom. The molecule has 2 atom stereocenters. The number of hydrogen-bond acceptors (Lipinski definition) is 9. The lowest BCUT2D eigenvalue weighted by molar-refractivity contribution is -0.150. The van der Waals surface area contributed by atoms with Gasteiger partial charge in [0.05, 0.1) is 0 Å². The highest BCUT2D eigenvalue weighted by Gasteiger charge is 2.54. The van der Waals surface area contributed by atoms with Crippen LogP contribution in [0.3, 0.4) is 0 Å². The van der Waals surface area contributed by atoms with Crippen LogP contribution in [-0.4, -0.2) is 85.9 Å². The first-order chi connectivity index (χ1) is 13.1. The standard InChI is InChI=1S/C14H17N5O6S3/c1-18-6-15-17-14(18)27-4-7-3-26-12-9(16-8(20)5-28(2,24)25)11(21)19(12)10(7)13(22)23/h6,9,12H,3-5H2,1-2H3,(H,16,20)(H,22,23)/t9-,12-/m1/s1. The number of carboxylic acid groups (broad SMARTS) is 1. The van der Waals surface area contributed by atoms with E-state index in [2.05, 4.69) is 15.5 Å². The van der Waals surface area contributed by atoms with Crippen LogP contribution in [0.5, 0.6) is 0 Å². The summed E-state index contributed by atoms with van der Waals surface area (Å²) in [7, 11) is -1.76. The van der Waals surface area contributed by atoms with Crippen LogP contribution in [0.4, 0.5) is 0 Å². The maximum absolute atomic E-state index is 12.5. The quantitative estimate of drug-likeness (QED) is 0.381. The van der Waals surface area contributed by atoms with Gasteiger partial charge in [0.25, 0.3) is 5.91 Å². The van der Waals surface area contributed by atoms with E-state index in [9.17, 15) is 27.9 Å². The molecule has 14 heteroatoms. The Hall–Kier alpha value is -2.06. The fourth-order valence-electron chi connectivity index (χ4n) is 2.80. The molecule has 28 heavy (non-hydrogen) atoms. The molecule has 3 rings (SSSR count). The fourth-order valence-corrected chi connectivity index (χ4v) is 5.74. The number of β-lactam (4-membered cyclic amide) rings is 1. The van der Waals surface area contributed by atoms with Crippen LogP contribution in [0.2, 0.25) is 0 Å². The molecular formula is C14H17N5O6S3. The zero-order valence-electron chi connectivity index (χ0n) is 14.9. The SMILES string of the molecule is Cn1cnnc1SCC1=C(C(=O)O)N2C(=O)[C@@H](NC(=O)CS(C)(=O)=O)[C@H]2SC1. The number of thioether (sulfide) groups is 2. The summed E-state index contributed by atoms with van der Waals surface area (Å²) in [5.74, 6) is -2.63. The van der Waals surface area contributed by atoms with Crippen molar-refractivity contribution < 1.29 is 27.9 Å². The Bertz CT molecular complexity index is 972. The normalized spacial score (nSPS) is 21.9. The molecule has 152 valence electrons. The molecule has 2 aliphatic rings. The Labute approximate surface area is 168 Å². The van der Waals surface area contributed by atoms with E-state index in [1.807, 2.05) is 0 Å². The number of aryl methyl sites for hydroxylation is 1. The third-order valence-electron chi connectivity index (χ3n) is 4.00. The molecule has 0 spiro atoms. The van der Waals surface area contributed by atoms with Crippen LogP contribution in [-0.2, 0) is 31.3 Å². The highest BCUT2D eigenvalue weighted by molar-refractivity contribution is 8.01. The van der Waals surface area contributed by atoms with Crippen molar-refractivity contribution in [2.75, 3.05) is 23.5 Å². The monoisotopic (exact) mass is 447 g/mol. The summed E-state index contributed by atoms with van der Waals surface area (Å²) in [4.78, 5) is 37.2. The highest BCUT2D eigenvalue weighted by Crippen LogP contribution is 2.41. The van der Waals surface area contributed by atoms with Crippen molar-refractivity contribution in [1.29, 1.82) is 0 Å². The molecule has 1 fully saturated rings. The Balaban J connectivity index is 1.73. The van der Waals surface area contributed by atoms with E-state index in [0.29, 0.717) is 22.2 Å². The van der Waals surface area contributed by atoms with Gasteiger partial charge in [-0.1, -0.05) is 11.8 Å². The predicted octanol–water partition coefficient (Wildman–Crippen LogP) is -1.31. The molecule has 0 unspecified atom stereocenters. The van der Waals surface area contributed by atoms with E-state index in [1.54, 1.807) is 11.6 Å². The molecule has 1 saturated heterocycles. The van der Waals surface area contributed by atoms with Crippen molar-refractivity contribution in [2.24, 2.45) is 7.05 Å². The Morgan fingerprint density at radius 2 is 2.18 bits per heavy atom. The van der Waals surface area contributed by atoms with Crippen molar-refractivity contribution in [3.8, 4) is 0 Å². The summed E-state index contributed by atoms with van der Waals surface area (Å²) >= 11 is 2.63. The van der Waals surface area contributed by atoms with Crippen LogP contribution in [0.25, 0.3) is 0 Å². The molecular weight excluding hydrogens is 430 g/mol. The van der Waals surface area contributed by atoms with Gasteiger partial charge < -0.3 is 15.0 Å². The molecule has 0 bridgehead atoms. The van der Waals surface area contributed by atoms with E-state index in [-0.39, 0.29) is 5.70 Å². The van der Waals surface area contributed by atoms with Crippen LogP contribution >= 0.6 is 23.5 Å². The Kier molecular flexibility index (Phi) is 5.72. The average Bonchev–Trinajstić information content (AvgIpc) is 3.00. The molecule has 0 aliphatic carbocycles. The summed E-state index contributed by atoms with van der Waals surface area (Å²) in [6, 6.07) is -0.943. The van der Waals surface area contributed by atoms with Crippen LogP contribution in [0, 0.1) is 0 Å². The van der Waals surface area contributed by atoms with E-state index in [0.717, 1.165) is 11.2 Å². The summed E-state index contributed by atoms with van der Waals surface area (Å²) in [6.45, 7) is 0. The number of nitrogens with zero attached hydrogens (tertiary/aromatic N) is 4. The Morgan fingerprint density at radius 1 is 1.46 bits per heavy atom. The first-order valence-corrected chi connectivity index (χ1v) is 12.0. The maximum Gasteiger partial charge on any atom is 0.352 e. The molecule has 1 aromatic heterocycles. The third-order valence-corrected chi connectivity index (χ3v) is 7.25. The first-order valence-electron chi connectivity index (χ1n) is 7.92. The number of nitrogens with one attached hydrogen (secondary N) is 1. The molecule has 3 heterocycles. The fraction of sp³-hybridized carbons (Fsp3) is 0.500. The van der Waals surface area contributed by atoms with Crippen LogP contribution < -0.4 is 5.32 Å². The second kappa shape index (κ2) is 7.75. The van der Waals surface area contributed by atoms with Crippen molar-refractivity contribution in [3.05, 3.63) is 17.6 Å².